The van der Waals surface area contributed by atoms with Gasteiger partial charge in [0.05, 0.1) is 26.0 Å². The molecule has 0 fully saturated rings. The van der Waals surface area contributed by atoms with E-state index >= 15 is 0 Å². The third-order valence-corrected chi connectivity index (χ3v) is 3.30. The van der Waals surface area contributed by atoms with Crippen LogP contribution in [0, 0.1) is 5.92 Å². The SMILES string of the molecule is COCCN(CCOC)Cc1occc1CNCC(C)C. The first-order valence-corrected chi connectivity index (χ1v) is 7.63. The Morgan fingerprint density at radius 2 is 1.86 bits per heavy atom. The zero-order chi connectivity index (χ0) is 15.5. The van der Waals surface area contributed by atoms with E-state index in [0.717, 1.165) is 38.5 Å². The van der Waals surface area contributed by atoms with Gasteiger partial charge in [0.15, 0.2) is 0 Å². The molecule has 5 nitrogen and oxygen atoms in total. The van der Waals surface area contributed by atoms with Crippen molar-refractivity contribution < 1.29 is 13.9 Å². The van der Waals surface area contributed by atoms with Crippen molar-refractivity contribution in [3.8, 4) is 0 Å². The maximum Gasteiger partial charge on any atom is 0.122 e. The number of ether oxygens (including phenoxy) is 2. The molecule has 1 heterocycles. The lowest BCUT2D eigenvalue weighted by Crippen LogP contribution is -2.30. The molecule has 0 spiro atoms. The van der Waals surface area contributed by atoms with Crippen molar-refractivity contribution in [3.05, 3.63) is 23.7 Å². The minimum absolute atomic E-state index is 0.653. The summed E-state index contributed by atoms with van der Waals surface area (Å²) in [4.78, 5) is 2.29. The van der Waals surface area contributed by atoms with E-state index in [0.29, 0.717) is 19.1 Å². The maximum absolute atomic E-state index is 5.65. The van der Waals surface area contributed by atoms with E-state index in [1.54, 1.807) is 20.5 Å². The number of nitrogens with zero attached hydrogens (tertiary/aromatic N) is 1. The topological polar surface area (TPSA) is 46.9 Å². The van der Waals surface area contributed by atoms with Crippen LogP contribution in [0.5, 0.6) is 0 Å². The first-order valence-electron chi connectivity index (χ1n) is 7.63. The minimum atomic E-state index is 0.653. The molecule has 0 atom stereocenters. The highest BCUT2D eigenvalue weighted by Gasteiger charge is 2.12. The predicted octanol–water partition coefficient (Wildman–Crippen LogP) is 2.12. The molecule has 1 aromatic heterocycles. The Bertz CT molecular complexity index is 358. The lowest BCUT2D eigenvalue weighted by atomic mass is 10.2. The fourth-order valence-corrected chi connectivity index (χ4v) is 2.07. The van der Waals surface area contributed by atoms with Gasteiger partial charge in [0.1, 0.15) is 5.76 Å². The summed E-state index contributed by atoms with van der Waals surface area (Å²) in [6.07, 6.45) is 1.77. The number of hydrogen-bond donors (Lipinski definition) is 1. The lowest BCUT2D eigenvalue weighted by Gasteiger charge is -2.21. The summed E-state index contributed by atoms with van der Waals surface area (Å²) < 4.78 is 16.0. The van der Waals surface area contributed by atoms with Crippen molar-refractivity contribution >= 4 is 0 Å². The predicted molar refractivity (Wildman–Crippen MR) is 84.3 cm³/mol. The van der Waals surface area contributed by atoms with Gasteiger partial charge in [-0.3, -0.25) is 4.90 Å². The monoisotopic (exact) mass is 298 g/mol. The highest BCUT2D eigenvalue weighted by atomic mass is 16.5. The van der Waals surface area contributed by atoms with Gasteiger partial charge >= 0.3 is 0 Å². The Labute approximate surface area is 128 Å². The Hall–Kier alpha value is -0.880. The summed E-state index contributed by atoms with van der Waals surface area (Å²) in [6.45, 7) is 10.3. The van der Waals surface area contributed by atoms with Gasteiger partial charge in [-0.05, 0) is 18.5 Å². The molecule has 0 aliphatic carbocycles. The van der Waals surface area contributed by atoms with E-state index in [2.05, 4.69) is 24.1 Å². The average Bonchev–Trinajstić information content (AvgIpc) is 2.88. The van der Waals surface area contributed by atoms with Gasteiger partial charge in [-0.25, -0.2) is 0 Å². The molecule has 0 unspecified atom stereocenters. The minimum Gasteiger partial charge on any atom is -0.468 e. The van der Waals surface area contributed by atoms with E-state index in [-0.39, 0.29) is 0 Å². The van der Waals surface area contributed by atoms with Gasteiger partial charge in [-0.2, -0.15) is 0 Å². The number of nitrogens with one attached hydrogen (secondary N) is 1. The third kappa shape index (κ3) is 7.62. The number of methoxy groups -OCH3 is 2. The summed E-state index contributed by atoms with van der Waals surface area (Å²) in [5.41, 5.74) is 1.23. The van der Waals surface area contributed by atoms with E-state index < -0.39 is 0 Å². The lowest BCUT2D eigenvalue weighted by molar-refractivity contribution is 0.106. The fraction of sp³-hybridized carbons (Fsp3) is 0.750. The molecule has 1 aromatic rings. The Balaban J connectivity index is 2.51. The molecular weight excluding hydrogens is 268 g/mol. The molecule has 0 saturated heterocycles. The number of hydrogen-bond acceptors (Lipinski definition) is 5. The van der Waals surface area contributed by atoms with E-state index in [4.69, 9.17) is 13.9 Å². The van der Waals surface area contributed by atoms with Crippen LogP contribution in [0.15, 0.2) is 16.7 Å². The van der Waals surface area contributed by atoms with Crippen LogP contribution in [0.25, 0.3) is 0 Å². The Kier molecular flexibility index (Phi) is 9.34. The largest absolute Gasteiger partial charge is 0.468 e. The molecule has 0 aliphatic rings. The third-order valence-electron chi connectivity index (χ3n) is 3.30. The van der Waals surface area contributed by atoms with Gasteiger partial charge in [-0.15, -0.1) is 0 Å². The zero-order valence-corrected chi connectivity index (χ0v) is 13.9. The van der Waals surface area contributed by atoms with Crippen molar-refractivity contribution in [1.29, 1.82) is 0 Å². The first-order chi connectivity index (χ1) is 10.2. The number of furan rings is 1. The first kappa shape index (κ1) is 18.2. The molecule has 5 heteroatoms. The summed E-state index contributed by atoms with van der Waals surface area (Å²) in [5.74, 6) is 1.68. The molecular formula is C16H30N2O3. The summed E-state index contributed by atoms with van der Waals surface area (Å²) >= 11 is 0. The second-order valence-corrected chi connectivity index (χ2v) is 5.66. The molecule has 0 amide bonds. The van der Waals surface area contributed by atoms with Crippen LogP contribution >= 0.6 is 0 Å². The molecule has 122 valence electrons. The van der Waals surface area contributed by atoms with Crippen LogP contribution in [0.4, 0.5) is 0 Å². The molecule has 0 aliphatic heterocycles. The molecule has 0 aromatic carbocycles. The van der Waals surface area contributed by atoms with Gasteiger partial charge in [0.25, 0.3) is 0 Å². The second kappa shape index (κ2) is 10.8. The molecule has 0 bridgehead atoms. The Morgan fingerprint density at radius 1 is 1.19 bits per heavy atom. The van der Waals surface area contributed by atoms with Gasteiger partial charge < -0.3 is 19.2 Å². The van der Waals surface area contributed by atoms with Crippen LogP contribution in [0.3, 0.4) is 0 Å². The van der Waals surface area contributed by atoms with Crippen molar-refractivity contribution in [2.45, 2.75) is 26.9 Å². The second-order valence-electron chi connectivity index (χ2n) is 5.66. The zero-order valence-electron chi connectivity index (χ0n) is 13.9. The highest BCUT2D eigenvalue weighted by molar-refractivity contribution is 5.16. The molecule has 1 rings (SSSR count). The van der Waals surface area contributed by atoms with E-state index in [9.17, 15) is 0 Å². The molecule has 21 heavy (non-hydrogen) atoms. The standard InChI is InChI=1S/C16H30N2O3/c1-14(2)11-17-12-15-5-8-21-16(15)13-18(6-9-19-3)7-10-20-4/h5,8,14,17H,6-7,9-13H2,1-4H3. The van der Waals surface area contributed by atoms with Crippen LogP contribution in [0.1, 0.15) is 25.2 Å². The van der Waals surface area contributed by atoms with Gasteiger partial charge in [0.2, 0.25) is 0 Å². The average molecular weight is 298 g/mol. The van der Waals surface area contributed by atoms with Crippen molar-refractivity contribution in [3.63, 3.8) is 0 Å². The van der Waals surface area contributed by atoms with Crippen LogP contribution < -0.4 is 5.32 Å². The summed E-state index contributed by atoms with van der Waals surface area (Å²) in [7, 11) is 3.45. The maximum atomic E-state index is 5.65. The van der Waals surface area contributed by atoms with E-state index in [1.165, 1.54) is 5.56 Å². The van der Waals surface area contributed by atoms with E-state index in [1.807, 2.05) is 6.07 Å². The normalized spacial score (nSPS) is 11.7. The van der Waals surface area contributed by atoms with Gasteiger partial charge in [0, 0.05) is 39.4 Å². The van der Waals surface area contributed by atoms with Crippen molar-refractivity contribution in [1.82, 2.24) is 10.2 Å². The van der Waals surface area contributed by atoms with Crippen molar-refractivity contribution in [2.24, 2.45) is 5.92 Å². The number of rotatable bonds is 12. The highest BCUT2D eigenvalue weighted by Crippen LogP contribution is 2.13. The van der Waals surface area contributed by atoms with Crippen LogP contribution in [-0.2, 0) is 22.6 Å². The Morgan fingerprint density at radius 3 is 2.43 bits per heavy atom. The quantitative estimate of drug-likeness (QED) is 0.640. The van der Waals surface area contributed by atoms with Gasteiger partial charge in [-0.1, -0.05) is 13.8 Å². The molecule has 1 N–H and O–H groups in total. The van der Waals surface area contributed by atoms with Crippen LogP contribution in [-0.4, -0.2) is 52.0 Å². The smallest absolute Gasteiger partial charge is 0.122 e. The van der Waals surface area contributed by atoms with Crippen molar-refractivity contribution in [2.75, 3.05) is 47.1 Å². The van der Waals surface area contributed by atoms with Crippen LogP contribution in [0.2, 0.25) is 0 Å². The summed E-state index contributed by atoms with van der Waals surface area (Å²) in [5, 5.41) is 3.46. The summed E-state index contributed by atoms with van der Waals surface area (Å²) in [6, 6.07) is 2.05. The fourth-order valence-electron chi connectivity index (χ4n) is 2.07. The molecule has 0 radical (unpaired) electrons. The molecule has 0 saturated carbocycles.